The van der Waals surface area contributed by atoms with Crippen molar-refractivity contribution >= 4 is 39.1 Å². The van der Waals surface area contributed by atoms with E-state index in [4.69, 9.17) is 0 Å². The zero-order valence-corrected chi connectivity index (χ0v) is 15.3. The highest BCUT2D eigenvalue weighted by atomic mass is 79.9. The molecule has 1 atom stereocenters. The second-order valence-corrected chi connectivity index (χ2v) is 10.6. The third-order valence-corrected chi connectivity index (χ3v) is 10.6. The average Bonchev–Trinajstić information content (AvgIpc) is 2.65. The maximum absolute atomic E-state index is 4.08. The lowest BCUT2D eigenvalue weighted by Gasteiger charge is -2.30. The van der Waals surface area contributed by atoms with Crippen LogP contribution in [0, 0.1) is 0 Å². The van der Waals surface area contributed by atoms with E-state index in [0.717, 1.165) is 0 Å². The van der Waals surface area contributed by atoms with Crippen molar-refractivity contribution in [3.05, 3.63) is 104 Å². The van der Waals surface area contributed by atoms with Gasteiger partial charge >= 0.3 is 0 Å². The Hall–Kier alpha value is -1.69. The molecular weight excluding hydrogens is 363 g/mol. The molecule has 3 aromatic rings. The number of halogens is 1. The van der Waals surface area contributed by atoms with Crippen molar-refractivity contribution in [2.75, 3.05) is 0 Å². The maximum atomic E-state index is 4.08. The van der Waals surface area contributed by atoms with Gasteiger partial charge in [0.25, 0.3) is 0 Å². The van der Waals surface area contributed by atoms with Gasteiger partial charge in [0, 0.05) is 0 Å². The molecule has 0 aliphatic rings. The van der Waals surface area contributed by atoms with Crippen LogP contribution in [0.3, 0.4) is 0 Å². The molecule has 0 saturated carbocycles. The Morgan fingerprint density at radius 2 is 0.957 bits per heavy atom. The summed E-state index contributed by atoms with van der Waals surface area (Å²) >= 11 is 3.94. The van der Waals surface area contributed by atoms with Gasteiger partial charge in [-0.1, -0.05) is 61.2 Å². The van der Waals surface area contributed by atoms with Gasteiger partial charge in [-0.15, -0.1) is 0 Å². The van der Waals surface area contributed by atoms with Crippen LogP contribution < -0.4 is 15.9 Å². The van der Waals surface area contributed by atoms with Crippen LogP contribution in [0.2, 0.25) is 0 Å². The van der Waals surface area contributed by atoms with Gasteiger partial charge in [-0.3, -0.25) is 0 Å². The fourth-order valence-electron chi connectivity index (χ4n) is 3.02. The third kappa shape index (κ3) is 2.92. The monoisotopic (exact) mass is 381 g/mol. The molecule has 0 amide bonds. The minimum atomic E-state index is -1.85. The van der Waals surface area contributed by atoms with E-state index in [1.807, 2.05) is 6.08 Å². The molecule has 0 radical (unpaired) electrons. The third-order valence-electron chi connectivity index (χ3n) is 4.05. The zero-order chi connectivity index (χ0) is 16.1. The molecule has 0 bridgehead atoms. The lowest BCUT2D eigenvalue weighted by atomic mass is 10.4. The van der Waals surface area contributed by atoms with Gasteiger partial charge in [0.2, 0.25) is 0 Å². The number of allylic oxidation sites excluding steroid dienone is 1. The number of alkyl halides is 1. The topological polar surface area (TPSA) is 0 Å². The Morgan fingerprint density at radius 3 is 1.22 bits per heavy atom. The van der Waals surface area contributed by atoms with Gasteiger partial charge in [0.15, 0.2) is 4.57 Å². The van der Waals surface area contributed by atoms with Gasteiger partial charge in [-0.2, -0.15) is 0 Å². The van der Waals surface area contributed by atoms with E-state index in [0.29, 0.717) is 0 Å². The summed E-state index contributed by atoms with van der Waals surface area (Å²) in [7, 11) is -1.85. The van der Waals surface area contributed by atoms with E-state index < -0.39 is 7.26 Å². The average molecular weight is 382 g/mol. The molecule has 0 fully saturated rings. The Morgan fingerprint density at radius 1 is 0.652 bits per heavy atom. The summed E-state index contributed by atoms with van der Waals surface area (Å²) < 4.78 is 0.183. The van der Waals surface area contributed by atoms with Crippen molar-refractivity contribution < 1.29 is 0 Å². The zero-order valence-electron chi connectivity index (χ0n) is 12.8. The number of hydrogen-bond acceptors (Lipinski definition) is 0. The maximum Gasteiger partial charge on any atom is 0.155 e. The molecular formula is C21H19BrP+. The molecule has 0 spiro atoms. The summed E-state index contributed by atoms with van der Waals surface area (Å²) in [5, 5.41) is 4.08. The summed E-state index contributed by atoms with van der Waals surface area (Å²) in [4.78, 5) is 0. The molecule has 23 heavy (non-hydrogen) atoms. The molecule has 0 aliphatic heterocycles. The van der Waals surface area contributed by atoms with Crippen molar-refractivity contribution in [2.45, 2.75) is 4.57 Å². The molecule has 3 rings (SSSR count). The van der Waals surface area contributed by atoms with Gasteiger partial charge in [-0.05, 0) is 58.4 Å². The van der Waals surface area contributed by atoms with Crippen LogP contribution in [-0.4, -0.2) is 4.57 Å². The minimum absolute atomic E-state index is 0.183. The van der Waals surface area contributed by atoms with E-state index in [2.05, 4.69) is 114 Å². The SMILES string of the molecule is C=CC(Br)[P+](c1ccccc1)(c1ccccc1)c1ccccc1. The fraction of sp³-hybridized carbons (Fsp3) is 0.0476. The summed E-state index contributed by atoms with van der Waals surface area (Å²) in [5.74, 6) is 0. The molecule has 114 valence electrons. The molecule has 0 aliphatic carbocycles. The van der Waals surface area contributed by atoms with Crippen LogP contribution >= 0.6 is 23.2 Å². The van der Waals surface area contributed by atoms with Crippen LogP contribution in [0.25, 0.3) is 0 Å². The first-order chi connectivity index (χ1) is 11.3. The second kappa shape index (κ2) is 7.25. The molecule has 0 nitrogen and oxygen atoms in total. The Bertz CT molecular complexity index is 657. The van der Waals surface area contributed by atoms with Crippen molar-refractivity contribution in [1.82, 2.24) is 0 Å². The molecule has 3 aromatic carbocycles. The summed E-state index contributed by atoms with van der Waals surface area (Å²) in [6.07, 6.45) is 2.03. The van der Waals surface area contributed by atoms with E-state index in [1.54, 1.807) is 0 Å². The molecule has 0 aromatic heterocycles. The van der Waals surface area contributed by atoms with Crippen LogP contribution in [0.1, 0.15) is 0 Å². The van der Waals surface area contributed by atoms with Crippen molar-refractivity contribution in [1.29, 1.82) is 0 Å². The first kappa shape index (κ1) is 16.2. The summed E-state index contributed by atoms with van der Waals surface area (Å²) in [5.41, 5.74) is 0. The highest BCUT2D eigenvalue weighted by Crippen LogP contribution is 2.62. The summed E-state index contributed by atoms with van der Waals surface area (Å²) in [6, 6.07) is 32.4. The number of hydrogen-bond donors (Lipinski definition) is 0. The highest BCUT2D eigenvalue weighted by Gasteiger charge is 2.50. The van der Waals surface area contributed by atoms with E-state index in [-0.39, 0.29) is 4.57 Å². The lowest BCUT2D eigenvalue weighted by Crippen LogP contribution is -2.35. The predicted molar refractivity (Wildman–Crippen MR) is 108 cm³/mol. The van der Waals surface area contributed by atoms with Crippen molar-refractivity contribution in [3.8, 4) is 0 Å². The first-order valence-corrected chi connectivity index (χ1v) is 10.4. The van der Waals surface area contributed by atoms with E-state index >= 15 is 0 Å². The van der Waals surface area contributed by atoms with Gasteiger partial charge < -0.3 is 0 Å². The lowest BCUT2D eigenvalue weighted by molar-refractivity contribution is 1.61. The smallest absolute Gasteiger partial charge is 0.0983 e. The van der Waals surface area contributed by atoms with Crippen LogP contribution in [-0.2, 0) is 0 Å². The quantitative estimate of drug-likeness (QED) is 0.335. The highest BCUT2D eigenvalue weighted by molar-refractivity contribution is 9.11. The Labute approximate surface area is 147 Å². The largest absolute Gasteiger partial charge is 0.155 e. The Kier molecular flexibility index (Phi) is 5.10. The molecule has 0 heterocycles. The normalized spacial score (nSPS) is 12.6. The predicted octanol–water partition coefficient (Wildman–Crippen LogP) is 4.89. The van der Waals surface area contributed by atoms with E-state index in [9.17, 15) is 0 Å². The van der Waals surface area contributed by atoms with Crippen molar-refractivity contribution in [2.24, 2.45) is 0 Å². The minimum Gasteiger partial charge on any atom is -0.0983 e. The molecule has 0 saturated heterocycles. The summed E-state index contributed by atoms with van der Waals surface area (Å²) in [6.45, 7) is 4.08. The molecule has 0 N–H and O–H groups in total. The first-order valence-electron chi connectivity index (χ1n) is 7.62. The van der Waals surface area contributed by atoms with Gasteiger partial charge in [0.05, 0.1) is 0 Å². The Balaban J connectivity index is 2.38. The number of benzene rings is 3. The molecule has 2 heteroatoms. The number of rotatable bonds is 5. The molecule has 1 unspecified atom stereocenters. The van der Waals surface area contributed by atoms with Gasteiger partial charge in [-0.25, -0.2) is 0 Å². The van der Waals surface area contributed by atoms with Gasteiger partial charge in [0.1, 0.15) is 23.2 Å². The van der Waals surface area contributed by atoms with Crippen molar-refractivity contribution in [3.63, 3.8) is 0 Å². The van der Waals surface area contributed by atoms with Crippen LogP contribution in [0.4, 0.5) is 0 Å². The van der Waals surface area contributed by atoms with Crippen LogP contribution in [0.15, 0.2) is 104 Å². The fourth-order valence-corrected chi connectivity index (χ4v) is 9.14. The van der Waals surface area contributed by atoms with Crippen LogP contribution in [0.5, 0.6) is 0 Å². The van der Waals surface area contributed by atoms with E-state index in [1.165, 1.54) is 15.9 Å². The second-order valence-electron chi connectivity index (χ2n) is 5.34. The standard InChI is InChI=1S/C21H19BrP/c1-2-21(22)23(18-12-6-3-7-13-18,19-14-8-4-9-15-19)20-16-10-5-11-17-20/h2-17,21H,1H2/q+1.